The molecule has 1 aliphatic carbocycles. The Morgan fingerprint density at radius 3 is 2.95 bits per heavy atom. The van der Waals surface area contributed by atoms with Gasteiger partial charge in [-0.1, -0.05) is 26.3 Å². The van der Waals surface area contributed by atoms with Gasteiger partial charge >= 0.3 is 0 Å². The summed E-state index contributed by atoms with van der Waals surface area (Å²) in [5, 5.41) is 3.44. The van der Waals surface area contributed by atoms with E-state index in [0.29, 0.717) is 23.7 Å². The Labute approximate surface area is 113 Å². The van der Waals surface area contributed by atoms with Gasteiger partial charge in [0.05, 0.1) is 5.69 Å². The number of oxazole rings is 1. The summed E-state index contributed by atoms with van der Waals surface area (Å²) < 4.78 is 5.73. The van der Waals surface area contributed by atoms with Crippen LogP contribution in [0.25, 0.3) is 11.1 Å². The van der Waals surface area contributed by atoms with Gasteiger partial charge < -0.3 is 15.5 Å². The molecular weight excluding hydrogens is 238 g/mol. The van der Waals surface area contributed by atoms with Crippen molar-refractivity contribution in [3.8, 4) is 0 Å². The third-order valence-electron chi connectivity index (χ3n) is 4.51. The van der Waals surface area contributed by atoms with Crippen LogP contribution >= 0.6 is 0 Å². The summed E-state index contributed by atoms with van der Waals surface area (Å²) >= 11 is 0. The van der Waals surface area contributed by atoms with E-state index < -0.39 is 0 Å². The Bertz CT molecular complexity index is 578. The highest BCUT2D eigenvalue weighted by molar-refractivity contribution is 5.86. The number of fused-ring (bicyclic) bond motifs is 1. The maximum Gasteiger partial charge on any atom is 0.295 e. The fraction of sp³-hybridized carbons (Fsp3) is 0.533. The third-order valence-corrected chi connectivity index (χ3v) is 4.51. The summed E-state index contributed by atoms with van der Waals surface area (Å²) in [7, 11) is 0. The minimum atomic E-state index is 0.458. The SMILES string of the molecule is CCC1CCC(Nc2nc3c(N)cccc3o2)C1C. The van der Waals surface area contributed by atoms with Crippen LogP contribution < -0.4 is 11.1 Å². The fourth-order valence-corrected chi connectivity index (χ4v) is 3.22. The number of rotatable bonds is 3. The van der Waals surface area contributed by atoms with Crippen molar-refractivity contribution in [3.63, 3.8) is 0 Å². The number of anilines is 2. The second-order valence-corrected chi connectivity index (χ2v) is 5.57. The van der Waals surface area contributed by atoms with E-state index in [-0.39, 0.29) is 0 Å². The summed E-state index contributed by atoms with van der Waals surface area (Å²) in [4.78, 5) is 4.46. The van der Waals surface area contributed by atoms with E-state index >= 15 is 0 Å². The number of nitrogens with two attached hydrogens (primary N) is 1. The molecule has 1 aromatic heterocycles. The molecule has 1 aliphatic rings. The van der Waals surface area contributed by atoms with Crippen LogP contribution in [-0.4, -0.2) is 11.0 Å². The van der Waals surface area contributed by atoms with E-state index in [4.69, 9.17) is 10.2 Å². The summed E-state index contributed by atoms with van der Waals surface area (Å²) in [6, 6.07) is 6.69. The minimum Gasteiger partial charge on any atom is -0.423 e. The normalized spacial score (nSPS) is 26.9. The molecule has 3 N–H and O–H groups in total. The Balaban J connectivity index is 1.81. The number of nitrogens with one attached hydrogen (secondary N) is 1. The van der Waals surface area contributed by atoms with Crippen LogP contribution in [0.15, 0.2) is 22.6 Å². The lowest BCUT2D eigenvalue weighted by atomic mass is 9.94. The third kappa shape index (κ3) is 2.15. The molecule has 1 fully saturated rings. The largest absolute Gasteiger partial charge is 0.423 e. The van der Waals surface area contributed by atoms with Gasteiger partial charge in [0.25, 0.3) is 6.01 Å². The molecule has 3 unspecified atom stereocenters. The second kappa shape index (κ2) is 4.76. The van der Waals surface area contributed by atoms with Gasteiger partial charge in [0.2, 0.25) is 0 Å². The number of nitrogen functional groups attached to an aromatic ring is 1. The monoisotopic (exact) mass is 259 g/mol. The molecule has 102 valence electrons. The molecule has 0 bridgehead atoms. The van der Waals surface area contributed by atoms with E-state index in [1.807, 2.05) is 18.2 Å². The van der Waals surface area contributed by atoms with Gasteiger partial charge in [-0.15, -0.1) is 0 Å². The van der Waals surface area contributed by atoms with Gasteiger partial charge in [-0.05, 0) is 36.8 Å². The molecule has 1 saturated carbocycles. The van der Waals surface area contributed by atoms with E-state index in [0.717, 1.165) is 17.0 Å². The maximum absolute atomic E-state index is 5.90. The molecule has 4 heteroatoms. The van der Waals surface area contributed by atoms with Crippen LogP contribution in [0, 0.1) is 11.8 Å². The highest BCUT2D eigenvalue weighted by Crippen LogP contribution is 2.36. The fourth-order valence-electron chi connectivity index (χ4n) is 3.22. The summed E-state index contributed by atoms with van der Waals surface area (Å²) in [6.07, 6.45) is 3.73. The molecule has 4 nitrogen and oxygen atoms in total. The van der Waals surface area contributed by atoms with Crippen molar-refractivity contribution >= 4 is 22.8 Å². The average molecular weight is 259 g/mol. The first kappa shape index (κ1) is 12.3. The average Bonchev–Trinajstić information content (AvgIpc) is 2.96. The highest BCUT2D eigenvalue weighted by atomic mass is 16.4. The zero-order chi connectivity index (χ0) is 13.4. The van der Waals surface area contributed by atoms with E-state index in [1.165, 1.54) is 19.3 Å². The van der Waals surface area contributed by atoms with Crippen LogP contribution in [0.2, 0.25) is 0 Å². The van der Waals surface area contributed by atoms with Crippen LogP contribution in [0.4, 0.5) is 11.7 Å². The van der Waals surface area contributed by atoms with Crippen molar-refractivity contribution in [3.05, 3.63) is 18.2 Å². The Morgan fingerprint density at radius 2 is 2.26 bits per heavy atom. The van der Waals surface area contributed by atoms with Gasteiger partial charge in [0.15, 0.2) is 5.58 Å². The topological polar surface area (TPSA) is 64.1 Å². The molecule has 19 heavy (non-hydrogen) atoms. The zero-order valence-corrected chi connectivity index (χ0v) is 11.5. The molecule has 0 amide bonds. The van der Waals surface area contributed by atoms with Crippen molar-refractivity contribution in [2.24, 2.45) is 11.8 Å². The van der Waals surface area contributed by atoms with Crippen molar-refractivity contribution in [1.29, 1.82) is 0 Å². The molecule has 0 saturated heterocycles. The Morgan fingerprint density at radius 1 is 1.42 bits per heavy atom. The van der Waals surface area contributed by atoms with E-state index in [1.54, 1.807) is 0 Å². The molecule has 3 rings (SSSR count). The van der Waals surface area contributed by atoms with Gasteiger partial charge in [-0.2, -0.15) is 4.98 Å². The zero-order valence-electron chi connectivity index (χ0n) is 11.5. The van der Waals surface area contributed by atoms with Crippen molar-refractivity contribution in [2.75, 3.05) is 11.1 Å². The summed E-state index contributed by atoms with van der Waals surface area (Å²) in [6.45, 7) is 4.58. The minimum absolute atomic E-state index is 0.458. The number of nitrogens with zero attached hydrogens (tertiary/aromatic N) is 1. The number of aromatic nitrogens is 1. The molecule has 0 aliphatic heterocycles. The molecule has 3 atom stereocenters. The number of hydrogen-bond donors (Lipinski definition) is 2. The predicted octanol–water partition coefficient (Wildman–Crippen LogP) is 3.65. The smallest absolute Gasteiger partial charge is 0.295 e. The highest BCUT2D eigenvalue weighted by Gasteiger charge is 2.32. The molecule has 1 heterocycles. The van der Waals surface area contributed by atoms with Crippen molar-refractivity contribution in [1.82, 2.24) is 4.98 Å². The lowest BCUT2D eigenvalue weighted by Gasteiger charge is -2.19. The van der Waals surface area contributed by atoms with Gasteiger partial charge in [0.1, 0.15) is 5.52 Å². The van der Waals surface area contributed by atoms with Crippen LogP contribution in [0.1, 0.15) is 33.1 Å². The predicted molar refractivity (Wildman–Crippen MR) is 78.0 cm³/mol. The molecule has 0 spiro atoms. The molecule has 0 radical (unpaired) electrons. The van der Waals surface area contributed by atoms with Crippen molar-refractivity contribution < 1.29 is 4.42 Å². The van der Waals surface area contributed by atoms with E-state index in [2.05, 4.69) is 24.1 Å². The first-order valence-electron chi connectivity index (χ1n) is 7.10. The summed E-state index contributed by atoms with van der Waals surface area (Å²) in [5.74, 6) is 1.48. The number of hydrogen-bond acceptors (Lipinski definition) is 4. The first-order chi connectivity index (χ1) is 9.19. The number of benzene rings is 1. The quantitative estimate of drug-likeness (QED) is 0.826. The first-order valence-corrected chi connectivity index (χ1v) is 7.10. The maximum atomic E-state index is 5.90. The summed E-state index contributed by atoms with van der Waals surface area (Å²) in [5.41, 5.74) is 8.07. The molecule has 2 aromatic rings. The molecule has 1 aromatic carbocycles. The van der Waals surface area contributed by atoms with Gasteiger partial charge in [-0.3, -0.25) is 0 Å². The second-order valence-electron chi connectivity index (χ2n) is 5.57. The van der Waals surface area contributed by atoms with Crippen LogP contribution in [-0.2, 0) is 0 Å². The Kier molecular flexibility index (Phi) is 3.09. The van der Waals surface area contributed by atoms with Crippen molar-refractivity contribution in [2.45, 2.75) is 39.2 Å². The standard InChI is InChI=1S/C15H21N3O/c1-3-10-7-8-12(9(10)2)17-15-18-14-11(16)5-4-6-13(14)19-15/h4-6,9-10,12H,3,7-8,16H2,1-2H3,(H,17,18). The van der Waals surface area contributed by atoms with Crippen LogP contribution in [0.5, 0.6) is 0 Å². The lowest BCUT2D eigenvalue weighted by molar-refractivity contribution is 0.388. The lowest BCUT2D eigenvalue weighted by Crippen LogP contribution is -2.24. The van der Waals surface area contributed by atoms with Gasteiger partial charge in [-0.25, -0.2) is 0 Å². The number of para-hydroxylation sites is 1. The molecular formula is C15H21N3O. The van der Waals surface area contributed by atoms with Gasteiger partial charge in [0, 0.05) is 6.04 Å². The van der Waals surface area contributed by atoms with Crippen LogP contribution in [0.3, 0.4) is 0 Å². The Hall–Kier alpha value is -1.71. The van der Waals surface area contributed by atoms with E-state index in [9.17, 15) is 0 Å².